The highest BCUT2D eigenvalue weighted by molar-refractivity contribution is 5.66. The minimum absolute atomic E-state index is 0.699. The van der Waals surface area contributed by atoms with Crippen molar-refractivity contribution >= 4 is 17.3 Å². The summed E-state index contributed by atoms with van der Waals surface area (Å²) in [5, 5.41) is 6.81. The number of aromatic nitrogens is 3. The van der Waals surface area contributed by atoms with E-state index in [0.717, 1.165) is 35.7 Å². The van der Waals surface area contributed by atoms with E-state index < -0.39 is 0 Å². The maximum atomic E-state index is 4.37. The van der Waals surface area contributed by atoms with Gasteiger partial charge in [0.15, 0.2) is 0 Å². The van der Waals surface area contributed by atoms with Gasteiger partial charge in [0.25, 0.3) is 0 Å². The summed E-state index contributed by atoms with van der Waals surface area (Å²) in [4.78, 5) is 12.7. The fourth-order valence-electron chi connectivity index (χ4n) is 2.75. The Morgan fingerprint density at radius 3 is 2.24 bits per heavy atom. The maximum absolute atomic E-state index is 4.37. The van der Waals surface area contributed by atoms with Gasteiger partial charge in [-0.05, 0) is 41.7 Å². The van der Waals surface area contributed by atoms with E-state index in [1.165, 1.54) is 11.1 Å². The van der Waals surface area contributed by atoms with E-state index in [4.69, 9.17) is 0 Å². The van der Waals surface area contributed by atoms with Crippen LogP contribution in [0.2, 0.25) is 0 Å². The molecule has 0 fully saturated rings. The smallest absolute Gasteiger partial charge is 0.135 e. The fourth-order valence-corrected chi connectivity index (χ4v) is 2.75. The van der Waals surface area contributed by atoms with Gasteiger partial charge in [0.1, 0.15) is 18.0 Å². The summed E-state index contributed by atoms with van der Waals surface area (Å²) < 4.78 is 0. The molecular formula is C20H23N5. The molecule has 2 N–H and O–H groups in total. The van der Waals surface area contributed by atoms with E-state index in [1.54, 1.807) is 18.7 Å². The van der Waals surface area contributed by atoms with Gasteiger partial charge in [-0.3, -0.25) is 4.98 Å². The van der Waals surface area contributed by atoms with Crippen LogP contribution in [-0.4, -0.2) is 15.0 Å². The minimum atomic E-state index is 0.699. The van der Waals surface area contributed by atoms with Gasteiger partial charge in [-0.15, -0.1) is 0 Å². The first kappa shape index (κ1) is 16.9. The second-order valence-corrected chi connectivity index (χ2v) is 5.78. The van der Waals surface area contributed by atoms with Crippen LogP contribution in [0.5, 0.6) is 0 Å². The summed E-state index contributed by atoms with van der Waals surface area (Å²) in [6, 6.07) is 12.3. The lowest BCUT2D eigenvalue weighted by atomic mass is 10.0. The molecule has 0 aliphatic heterocycles. The molecule has 0 saturated carbocycles. The number of nitrogens with zero attached hydrogens (tertiary/aromatic N) is 3. The Balaban J connectivity index is 1.76. The van der Waals surface area contributed by atoms with Crippen molar-refractivity contribution in [3.8, 4) is 0 Å². The number of para-hydroxylation sites is 1. The number of nitrogens with one attached hydrogen (secondary N) is 2. The van der Waals surface area contributed by atoms with Crippen molar-refractivity contribution in [2.24, 2.45) is 0 Å². The summed E-state index contributed by atoms with van der Waals surface area (Å²) in [6.07, 6.45) is 7.12. The van der Waals surface area contributed by atoms with E-state index in [1.807, 2.05) is 18.2 Å². The summed E-state index contributed by atoms with van der Waals surface area (Å²) in [6.45, 7) is 5.04. The molecule has 0 spiro atoms. The van der Waals surface area contributed by atoms with E-state index in [2.05, 4.69) is 57.6 Å². The monoisotopic (exact) mass is 333 g/mol. The van der Waals surface area contributed by atoms with Gasteiger partial charge in [0, 0.05) is 30.7 Å². The van der Waals surface area contributed by atoms with E-state index in [0.29, 0.717) is 6.54 Å². The minimum Gasteiger partial charge on any atom is -0.366 e. The zero-order valence-electron chi connectivity index (χ0n) is 14.7. The molecule has 3 rings (SSSR count). The first-order valence-electron chi connectivity index (χ1n) is 8.62. The van der Waals surface area contributed by atoms with Crippen molar-refractivity contribution in [2.45, 2.75) is 33.2 Å². The van der Waals surface area contributed by atoms with Crippen LogP contribution in [0.1, 0.15) is 30.5 Å². The van der Waals surface area contributed by atoms with Gasteiger partial charge in [-0.1, -0.05) is 32.0 Å². The third-order valence-electron chi connectivity index (χ3n) is 4.14. The quantitative estimate of drug-likeness (QED) is 0.673. The van der Waals surface area contributed by atoms with Gasteiger partial charge >= 0.3 is 0 Å². The van der Waals surface area contributed by atoms with Crippen LogP contribution < -0.4 is 10.6 Å². The molecule has 0 amide bonds. The first-order valence-corrected chi connectivity index (χ1v) is 8.62. The predicted octanol–water partition coefficient (Wildman–Crippen LogP) is 4.35. The number of rotatable bonds is 7. The highest BCUT2D eigenvalue weighted by Gasteiger charge is 2.08. The van der Waals surface area contributed by atoms with Crippen LogP contribution in [0.25, 0.3) is 0 Å². The maximum Gasteiger partial charge on any atom is 0.135 e. The summed E-state index contributed by atoms with van der Waals surface area (Å²) >= 11 is 0. The fraction of sp³-hybridized carbons (Fsp3) is 0.250. The molecule has 2 aromatic heterocycles. The van der Waals surface area contributed by atoms with Crippen molar-refractivity contribution in [2.75, 3.05) is 10.6 Å². The normalized spacial score (nSPS) is 10.5. The number of aryl methyl sites for hydroxylation is 2. The standard InChI is InChI=1S/C20H23N5/c1-3-16-6-5-7-17(4-2)20(16)25-19-12-18(23-14-24-19)22-13-15-8-10-21-11-9-15/h5-12,14H,3-4,13H2,1-2H3,(H2,22,23,24,25). The summed E-state index contributed by atoms with van der Waals surface area (Å²) in [5.74, 6) is 1.59. The molecule has 25 heavy (non-hydrogen) atoms. The Morgan fingerprint density at radius 1 is 0.880 bits per heavy atom. The second-order valence-electron chi connectivity index (χ2n) is 5.78. The molecule has 0 aliphatic carbocycles. The van der Waals surface area contributed by atoms with Crippen molar-refractivity contribution in [3.05, 3.63) is 71.8 Å². The molecule has 0 saturated heterocycles. The molecule has 0 unspecified atom stereocenters. The number of anilines is 3. The summed E-state index contributed by atoms with van der Waals surface area (Å²) in [7, 11) is 0. The Labute approximate surface area is 148 Å². The van der Waals surface area contributed by atoms with Crippen LogP contribution in [0, 0.1) is 0 Å². The summed E-state index contributed by atoms with van der Waals surface area (Å²) in [5.41, 5.74) is 4.91. The molecule has 0 atom stereocenters. The number of pyridine rings is 1. The van der Waals surface area contributed by atoms with Crippen molar-refractivity contribution in [1.29, 1.82) is 0 Å². The molecule has 0 aliphatic rings. The Kier molecular flexibility index (Phi) is 5.57. The number of hydrogen-bond donors (Lipinski definition) is 2. The van der Waals surface area contributed by atoms with E-state index in [-0.39, 0.29) is 0 Å². The molecule has 5 heteroatoms. The highest BCUT2D eigenvalue weighted by atomic mass is 15.1. The van der Waals surface area contributed by atoms with Gasteiger partial charge in [-0.2, -0.15) is 0 Å². The second kappa shape index (κ2) is 8.24. The van der Waals surface area contributed by atoms with Crippen molar-refractivity contribution < 1.29 is 0 Å². The van der Waals surface area contributed by atoms with Crippen LogP contribution in [0.15, 0.2) is 55.1 Å². The van der Waals surface area contributed by atoms with Crippen LogP contribution in [0.4, 0.5) is 17.3 Å². The molecule has 2 heterocycles. The molecule has 0 radical (unpaired) electrons. The van der Waals surface area contributed by atoms with Gasteiger partial charge in [0.05, 0.1) is 0 Å². The molecule has 5 nitrogen and oxygen atoms in total. The lowest BCUT2D eigenvalue weighted by Crippen LogP contribution is -2.05. The predicted molar refractivity (Wildman–Crippen MR) is 102 cm³/mol. The highest BCUT2D eigenvalue weighted by Crippen LogP contribution is 2.26. The lowest BCUT2D eigenvalue weighted by Gasteiger charge is -2.15. The van der Waals surface area contributed by atoms with Crippen molar-refractivity contribution in [1.82, 2.24) is 15.0 Å². The number of hydrogen-bond acceptors (Lipinski definition) is 5. The van der Waals surface area contributed by atoms with Gasteiger partial charge < -0.3 is 10.6 Å². The molecule has 128 valence electrons. The Bertz CT molecular complexity index is 795. The topological polar surface area (TPSA) is 62.7 Å². The SMILES string of the molecule is CCc1cccc(CC)c1Nc1cc(NCc2ccncc2)ncn1. The third kappa shape index (κ3) is 4.32. The van der Waals surface area contributed by atoms with Crippen molar-refractivity contribution in [3.63, 3.8) is 0 Å². The van der Waals surface area contributed by atoms with Crippen LogP contribution >= 0.6 is 0 Å². The lowest BCUT2D eigenvalue weighted by molar-refractivity contribution is 1.06. The number of benzene rings is 1. The Morgan fingerprint density at radius 2 is 1.56 bits per heavy atom. The zero-order chi connectivity index (χ0) is 17.5. The van der Waals surface area contributed by atoms with Crippen LogP contribution in [0.3, 0.4) is 0 Å². The average Bonchev–Trinajstić information content (AvgIpc) is 2.67. The third-order valence-corrected chi connectivity index (χ3v) is 4.14. The molecule has 0 bridgehead atoms. The Hall–Kier alpha value is -2.95. The van der Waals surface area contributed by atoms with E-state index in [9.17, 15) is 0 Å². The largest absolute Gasteiger partial charge is 0.366 e. The van der Waals surface area contributed by atoms with E-state index >= 15 is 0 Å². The molecular weight excluding hydrogens is 310 g/mol. The molecule has 3 aromatic rings. The van der Waals surface area contributed by atoms with Gasteiger partial charge in [-0.25, -0.2) is 9.97 Å². The zero-order valence-corrected chi connectivity index (χ0v) is 14.7. The van der Waals surface area contributed by atoms with Gasteiger partial charge in [0.2, 0.25) is 0 Å². The molecule has 1 aromatic carbocycles. The van der Waals surface area contributed by atoms with Crippen LogP contribution in [-0.2, 0) is 19.4 Å². The first-order chi connectivity index (χ1) is 12.3. The average molecular weight is 333 g/mol.